The topological polar surface area (TPSA) is 148 Å². The van der Waals surface area contributed by atoms with Gasteiger partial charge in [-0.25, -0.2) is 14.8 Å². The largest absolute Gasteiger partial charge is 0.484 e. The van der Waals surface area contributed by atoms with Crippen LogP contribution in [0.25, 0.3) is 5.65 Å². The number of nitrogens with one attached hydrogen (secondary N) is 3. The van der Waals surface area contributed by atoms with Crippen molar-refractivity contribution < 1.29 is 19.1 Å². The van der Waals surface area contributed by atoms with E-state index in [1.165, 1.54) is 0 Å². The van der Waals surface area contributed by atoms with E-state index in [-0.39, 0.29) is 34.7 Å². The van der Waals surface area contributed by atoms with Crippen LogP contribution in [0.5, 0.6) is 5.75 Å². The normalized spacial score (nSPS) is 16.5. The summed E-state index contributed by atoms with van der Waals surface area (Å²) in [6.45, 7) is 18.1. The molecule has 13 nitrogen and oxygen atoms in total. The number of likely N-dealkylation sites (N-methyl/N-ethyl adjacent to an activating group) is 1. The number of carbonyl (C=O) groups is 2. The third kappa shape index (κ3) is 9.01. The van der Waals surface area contributed by atoms with Gasteiger partial charge in [0.25, 0.3) is 5.91 Å². The van der Waals surface area contributed by atoms with E-state index >= 15 is 0 Å². The molecule has 274 valence electrons. The Morgan fingerprint density at radius 1 is 0.941 bits per heavy atom. The van der Waals surface area contributed by atoms with E-state index in [0.717, 1.165) is 34.9 Å². The SMILES string of the molecule is COCCN(C)C(C)(C)CNC(=O)c1nc(NC(=O)N[C@H]2CC[C@@H](Oc3ccc4nnc(C(C)(C)C)n4c3)c3ccccc32)cc(C(C)(C)C)n1. The maximum absolute atomic E-state index is 13.5. The molecule has 51 heavy (non-hydrogen) atoms. The molecule has 2 atom stereocenters. The van der Waals surface area contributed by atoms with E-state index in [1.807, 2.05) is 88.7 Å². The first-order chi connectivity index (χ1) is 24.0. The number of rotatable bonds is 11. The molecule has 0 saturated heterocycles. The number of anilines is 1. The summed E-state index contributed by atoms with van der Waals surface area (Å²) in [7, 11) is 3.65. The van der Waals surface area contributed by atoms with E-state index in [0.29, 0.717) is 31.7 Å². The lowest BCUT2D eigenvalue weighted by molar-refractivity contribution is 0.0831. The van der Waals surface area contributed by atoms with Gasteiger partial charge in [-0.2, -0.15) is 0 Å². The average molecular weight is 700 g/mol. The number of methoxy groups -OCH3 is 1. The number of nitrogens with zero attached hydrogens (tertiary/aromatic N) is 6. The first-order valence-electron chi connectivity index (χ1n) is 17.5. The Morgan fingerprint density at radius 2 is 1.67 bits per heavy atom. The van der Waals surface area contributed by atoms with Crippen LogP contribution in [-0.4, -0.2) is 80.8 Å². The van der Waals surface area contributed by atoms with Crippen molar-refractivity contribution in [1.82, 2.24) is 40.1 Å². The van der Waals surface area contributed by atoms with E-state index in [2.05, 4.69) is 61.8 Å². The van der Waals surface area contributed by atoms with Crippen molar-refractivity contribution in [3.63, 3.8) is 0 Å². The number of hydrogen-bond acceptors (Lipinski definition) is 9. The predicted octanol–water partition coefficient (Wildman–Crippen LogP) is 5.98. The van der Waals surface area contributed by atoms with Gasteiger partial charge < -0.3 is 20.1 Å². The fourth-order valence-electron chi connectivity index (χ4n) is 5.99. The highest BCUT2D eigenvalue weighted by Crippen LogP contribution is 2.39. The van der Waals surface area contributed by atoms with Crippen molar-refractivity contribution in [2.45, 2.75) is 96.7 Å². The maximum Gasteiger partial charge on any atom is 0.320 e. The summed E-state index contributed by atoms with van der Waals surface area (Å²) in [6.07, 6.45) is 3.10. The molecule has 3 heterocycles. The van der Waals surface area contributed by atoms with Gasteiger partial charge in [-0.15, -0.1) is 10.2 Å². The molecule has 13 heteroatoms. The lowest BCUT2D eigenvalue weighted by atomic mass is 9.85. The zero-order valence-corrected chi connectivity index (χ0v) is 31.6. The van der Waals surface area contributed by atoms with Gasteiger partial charge in [0, 0.05) is 42.6 Å². The van der Waals surface area contributed by atoms with Crippen LogP contribution < -0.4 is 20.7 Å². The zero-order chi connectivity index (χ0) is 37.1. The van der Waals surface area contributed by atoms with Crippen molar-refractivity contribution in [2.75, 3.05) is 39.2 Å². The molecular weight excluding hydrogens is 646 g/mol. The zero-order valence-electron chi connectivity index (χ0n) is 31.6. The van der Waals surface area contributed by atoms with E-state index in [9.17, 15) is 9.59 Å². The highest BCUT2D eigenvalue weighted by Gasteiger charge is 2.31. The third-order valence-electron chi connectivity index (χ3n) is 9.35. The molecule has 1 aromatic carbocycles. The fourth-order valence-corrected chi connectivity index (χ4v) is 5.99. The summed E-state index contributed by atoms with van der Waals surface area (Å²) in [5.41, 5.74) is 2.50. The van der Waals surface area contributed by atoms with Gasteiger partial charge in [-0.3, -0.25) is 19.4 Å². The number of benzene rings is 1. The molecule has 1 aliphatic rings. The van der Waals surface area contributed by atoms with Crippen molar-refractivity contribution in [1.29, 1.82) is 0 Å². The van der Waals surface area contributed by atoms with E-state index < -0.39 is 17.4 Å². The summed E-state index contributed by atoms with van der Waals surface area (Å²) in [5, 5.41) is 17.7. The molecule has 0 bridgehead atoms. The van der Waals surface area contributed by atoms with Gasteiger partial charge in [0.1, 0.15) is 23.5 Å². The number of aromatic nitrogens is 5. The Morgan fingerprint density at radius 3 is 2.35 bits per heavy atom. The molecular formula is C38H53N9O4. The molecule has 0 fully saturated rings. The van der Waals surface area contributed by atoms with Crippen molar-refractivity contribution >= 4 is 23.4 Å². The van der Waals surface area contributed by atoms with Crippen LogP contribution in [0.15, 0.2) is 48.7 Å². The van der Waals surface area contributed by atoms with Crippen molar-refractivity contribution in [3.8, 4) is 5.75 Å². The Bertz CT molecular complexity index is 1860. The van der Waals surface area contributed by atoms with Gasteiger partial charge in [0.2, 0.25) is 5.82 Å². The number of ether oxygens (including phenoxy) is 2. The molecule has 1 aliphatic carbocycles. The number of hydrogen-bond donors (Lipinski definition) is 3. The Hall–Kier alpha value is -4.62. The van der Waals surface area contributed by atoms with Gasteiger partial charge in [0.05, 0.1) is 24.5 Å². The summed E-state index contributed by atoms with van der Waals surface area (Å²) in [5.74, 6) is 1.41. The smallest absolute Gasteiger partial charge is 0.320 e. The van der Waals surface area contributed by atoms with Gasteiger partial charge in [-0.1, -0.05) is 65.8 Å². The fraction of sp³-hybridized carbons (Fsp3) is 0.526. The van der Waals surface area contributed by atoms with Crippen LogP contribution in [0.1, 0.15) is 114 Å². The van der Waals surface area contributed by atoms with Crippen LogP contribution in [0.3, 0.4) is 0 Å². The average Bonchev–Trinajstić information content (AvgIpc) is 3.51. The highest BCUT2D eigenvalue weighted by molar-refractivity contribution is 5.92. The van der Waals surface area contributed by atoms with Crippen LogP contribution in [0.2, 0.25) is 0 Å². The molecule has 0 radical (unpaired) electrons. The number of carbonyl (C=O) groups excluding carboxylic acids is 2. The first-order valence-corrected chi connectivity index (χ1v) is 17.5. The van der Waals surface area contributed by atoms with Crippen molar-refractivity contribution in [3.05, 3.63) is 77.1 Å². The lowest BCUT2D eigenvalue weighted by Crippen LogP contribution is -2.51. The molecule has 0 spiro atoms. The molecule has 5 rings (SSSR count). The summed E-state index contributed by atoms with van der Waals surface area (Å²) < 4.78 is 13.7. The summed E-state index contributed by atoms with van der Waals surface area (Å²) in [6, 6.07) is 12.9. The monoisotopic (exact) mass is 699 g/mol. The number of urea groups is 1. The Kier molecular flexibility index (Phi) is 11.0. The minimum atomic E-state index is -0.423. The Labute approximate surface area is 300 Å². The molecule has 4 aromatic rings. The minimum absolute atomic E-state index is 0.00430. The second kappa shape index (κ2) is 14.9. The van der Waals surface area contributed by atoms with Gasteiger partial charge in [0.15, 0.2) is 5.65 Å². The van der Waals surface area contributed by atoms with Crippen molar-refractivity contribution in [2.24, 2.45) is 0 Å². The second-order valence-corrected chi connectivity index (χ2v) is 16.0. The van der Waals surface area contributed by atoms with Gasteiger partial charge in [-0.05, 0) is 57.0 Å². The third-order valence-corrected chi connectivity index (χ3v) is 9.35. The van der Waals surface area contributed by atoms with Crippen LogP contribution in [-0.2, 0) is 15.6 Å². The molecule has 0 unspecified atom stereocenters. The lowest BCUT2D eigenvalue weighted by Gasteiger charge is -2.35. The van der Waals surface area contributed by atoms with Crippen LogP contribution >= 0.6 is 0 Å². The molecule has 0 aliphatic heterocycles. The quantitative estimate of drug-likeness (QED) is 0.172. The van der Waals surface area contributed by atoms with Crippen LogP contribution in [0.4, 0.5) is 10.6 Å². The highest BCUT2D eigenvalue weighted by atomic mass is 16.5. The molecule has 3 amide bonds. The Balaban J connectivity index is 1.29. The van der Waals surface area contributed by atoms with E-state index in [4.69, 9.17) is 9.47 Å². The number of amides is 3. The predicted molar refractivity (Wildman–Crippen MR) is 197 cm³/mol. The number of pyridine rings is 1. The molecule has 3 N–H and O–H groups in total. The maximum atomic E-state index is 13.5. The van der Waals surface area contributed by atoms with Gasteiger partial charge >= 0.3 is 6.03 Å². The first kappa shape index (κ1) is 37.6. The summed E-state index contributed by atoms with van der Waals surface area (Å²) >= 11 is 0. The van der Waals surface area contributed by atoms with E-state index in [1.54, 1.807) is 13.2 Å². The second-order valence-electron chi connectivity index (χ2n) is 16.0. The van der Waals surface area contributed by atoms with Crippen LogP contribution in [0, 0.1) is 0 Å². The standard InChI is InChI=1S/C38H53N9O4/c1-36(2,3)29-21-30(42-32(41-29)33(48)39-23-38(7,8)46(9)19-20-50-10)43-35(49)40-27-16-17-28(26-14-12-11-13-25(26)27)51-24-15-18-31-44-45-34(37(4,5)6)47(31)22-24/h11-15,18,21-22,27-28H,16-17,19-20,23H2,1-10H3,(H,39,48)(H2,40,41,42,43,49)/t27-,28+/m0/s1. The summed E-state index contributed by atoms with van der Waals surface area (Å²) in [4.78, 5) is 38.0. The minimum Gasteiger partial charge on any atom is -0.484 e. The number of fused-ring (bicyclic) bond motifs is 2. The molecule has 0 saturated carbocycles. The molecule has 3 aromatic heterocycles.